The molecule has 19 heavy (non-hydrogen) atoms. The SMILES string of the molecule is CC(=O)c1ccc(N(C)Cc2cccnc2)cc1O. The van der Waals surface area contributed by atoms with E-state index in [9.17, 15) is 9.90 Å². The molecule has 1 aromatic carbocycles. The zero-order valence-electron chi connectivity index (χ0n) is 11.0. The third-order valence-corrected chi connectivity index (χ3v) is 2.94. The number of Topliss-reactive ketones (excluding diaryl/α,β-unsaturated/α-hetero) is 1. The number of nitrogens with zero attached hydrogens (tertiary/aromatic N) is 2. The first-order valence-electron chi connectivity index (χ1n) is 6.02. The first-order chi connectivity index (χ1) is 9.08. The summed E-state index contributed by atoms with van der Waals surface area (Å²) >= 11 is 0. The van der Waals surface area contributed by atoms with E-state index in [0.717, 1.165) is 11.3 Å². The number of carbonyl (C=O) groups excluding carboxylic acids is 1. The summed E-state index contributed by atoms with van der Waals surface area (Å²) in [4.78, 5) is 17.3. The van der Waals surface area contributed by atoms with Crippen LogP contribution in [0.25, 0.3) is 0 Å². The lowest BCUT2D eigenvalue weighted by molar-refractivity contribution is 0.101. The van der Waals surface area contributed by atoms with Gasteiger partial charge in [0.15, 0.2) is 5.78 Å². The van der Waals surface area contributed by atoms with Gasteiger partial charge in [-0.1, -0.05) is 6.07 Å². The monoisotopic (exact) mass is 256 g/mol. The summed E-state index contributed by atoms with van der Waals surface area (Å²) < 4.78 is 0. The summed E-state index contributed by atoms with van der Waals surface area (Å²) in [5.41, 5.74) is 2.28. The number of benzene rings is 1. The molecule has 1 N–H and O–H groups in total. The smallest absolute Gasteiger partial charge is 0.163 e. The van der Waals surface area contributed by atoms with E-state index >= 15 is 0 Å². The fraction of sp³-hybridized carbons (Fsp3) is 0.200. The quantitative estimate of drug-likeness (QED) is 0.854. The maximum absolute atomic E-state index is 11.3. The minimum absolute atomic E-state index is 0.0167. The Labute approximate surface area is 112 Å². The zero-order valence-corrected chi connectivity index (χ0v) is 11.0. The minimum atomic E-state index is -0.140. The van der Waals surface area contributed by atoms with Gasteiger partial charge >= 0.3 is 0 Å². The lowest BCUT2D eigenvalue weighted by atomic mass is 10.1. The molecule has 0 fully saturated rings. The predicted molar refractivity (Wildman–Crippen MR) is 74.5 cm³/mol. The number of phenols is 1. The minimum Gasteiger partial charge on any atom is -0.507 e. The van der Waals surface area contributed by atoms with Gasteiger partial charge in [-0.15, -0.1) is 0 Å². The van der Waals surface area contributed by atoms with Gasteiger partial charge < -0.3 is 10.0 Å². The van der Waals surface area contributed by atoms with Crippen molar-refractivity contribution in [2.45, 2.75) is 13.5 Å². The lowest BCUT2D eigenvalue weighted by Crippen LogP contribution is -2.16. The average Bonchev–Trinajstić information content (AvgIpc) is 2.39. The van der Waals surface area contributed by atoms with Gasteiger partial charge in [-0.2, -0.15) is 0 Å². The number of pyridine rings is 1. The molecule has 1 aromatic heterocycles. The molecule has 0 aliphatic carbocycles. The molecular formula is C15H16N2O2. The van der Waals surface area contributed by atoms with Gasteiger partial charge in [0.25, 0.3) is 0 Å². The van der Waals surface area contributed by atoms with Crippen molar-refractivity contribution < 1.29 is 9.90 Å². The van der Waals surface area contributed by atoms with E-state index < -0.39 is 0 Å². The molecule has 0 radical (unpaired) electrons. The van der Waals surface area contributed by atoms with E-state index in [2.05, 4.69) is 4.98 Å². The van der Waals surface area contributed by atoms with Crippen molar-refractivity contribution in [3.8, 4) is 5.75 Å². The molecule has 0 saturated carbocycles. The Hall–Kier alpha value is -2.36. The second kappa shape index (κ2) is 5.52. The van der Waals surface area contributed by atoms with Crippen molar-refractivity contribution in [2.75, 3.05) is 11.9 Å². The van der Waals surface area contributed by atoms with Crippen LogP contribution in [0.4, 0.5) is 5.69 Å². The molecule has 98 valence electrons. The van der Waals surface area contributed by atoms with Gasteiger partial charge in [-0.3, -0.25) is 9.78 Å². The van der Waals surface area contributed by atoms with Crippen LogP contribution < -0.4 is 4.90 Å². The molecule has 0 aliphatic heterocycles. The van der Waals surface area contributed by atoms with Gasteiger partial charge in [0.1, 0.15) is 5.75 Å². The molecule has 4 nitrogen and oxygen atoms in total. The molecule has 0 spiro atoms. The fourth-order valence-corrected chi connectivity index (χ4v) is 1.91. The summed E-state index contributed by atoms with van der Waals surface area (Å²) in [6, 6.07) is 8.96. The Morgan fingerprint density at radius 3 is 2.74 bits per heavy atom. The molecule has 4 heteroatoms. The fourth-order valence-electron chi connectivity index (χ4n) is 1.91. The topological polar surface area (TPSA) is 53.4 Å². The van der Waals surface area contributed by atoms with E-state index in [1.807, 2.05) is 30.1 Å². The average molecular weight is 256 g/mol. The van der Waals surface area contributed by atoms with Gasteiger partial charge in [0.2, 0.25) is 0 Å². The maximum atomic E-state index is 11.3. The van der Waals surface area contributed by atoms with Crippen molar-refractivity contribution in [1.82, 2.24) is 4.98 Å². The van der Waals surface area contributed by atoms with Crippen molar-refractivity contribution in [1.29, 1.82) is 0 Å². The number of hydrogen-bond acceptors (Lipinski definition) is 4. The molecule has 0 saturated heterocycles. The molecule has 2 rings (SSSR count). The Morgan fingerprint density at radius 2 is 2.16 bits per heavy atom. The van der Waals surface area contributed by atoms with Gasteiger partial charge in [-0.25, -0.2) is 0 Å². The standard InChI is InChI=1S/C15H16N2O2/c1-11(18)14-6-5-13(8-15(14)19)17(2)10-12-4-3-7-16-9-12/h3-9,19H,10H2,1-2H3. The van der Waals surface area contributed by atoms with Crippen LogP contribution in [0.1, 0.15) is 22.8 Å². The van der Waals surface area contributed by atoms with E-state index in [-0.39, 0.29) is 11.5 Å². The van der Waals surface area contributed by atoms with Crippen LogP contribution in [0.15, 0.2) is 42.7 Å². The number of rotatable bonds is 4. The van der Waals surface area contributed by atoms with Gasteiger partial charge in [-0.05, 0) is 30.7 Å². The van der Waals surface area contributed by atoms with E-state index in [4.69, 9.17) is 0 Å². The predicted octanol–water partition coefficient (Wildman–Crippen LogP) is 2.63. The molecule has 1 heterocycles. The van der Waals surface area contributed by atoms with E-state index in [1.54, 1.807) is 24.5 Å². The number of ketones is 1. The van der Waals surface area contributed by atoms with Crippen LogP contribution in [0.2, 0.25) is 0 Å². The van der Waals surface area contributed by atoms with E-state index in [1.165, 1.54) is 6.92 Å². The van der Waals surface area contributed by atoms with Gasteiger partial charge in [0, 0.05) is 37.7 Å². The normalized spacial score (nSPS) is 10.2. The van der Waals surface area contributed by atoms with Gasteiger partial charge in [0.05, 0.1) is 5.56 Å². The lowest BCUT2D eigenvalue weighted by Gasteiger charge is -2.19. The van der Waals surface area contributed by atoms with Crippen molar-refractivity contribution in [3.05, 3.63) is 53.9 Å². The molecular weight excluding hydrogens is 240 g/mol. The molecule has 0 atom stereocenters. The van der Waals surface area contributed by atoms with Crippen molar-refractivity contribution in [3.63, 3.8) is 0 Å². The molecule has 0 bridgehead atoms. The molecule has 2 aromatic rings. The summed E-state index contributed by atoms with van der Waals surface area (Å²) in [5, 5.41) is 9.82. The second-order valence-corrected chi connectivity index (χ2v) is 4.47. The third kappa shape index (κ3) is 3.10. The van der Waals surface area contributed by atoms with Crippen LogP contribution in [0.5, 0.6) is 5.75 Å². The third-order valence-electron chi connectivity index (χ3n) is 2.94. The highest BCUT2D eigenvalue weighted by molar-refractivity contribution is 5.97. The summed E-state index contributed by atoms with van der Waals surface area (Å²) in [6.45, 7) is 2.13. The highest BCUT2D eigenvalue weighted by atomic mass is 16.3. The van der Waals surface area contributed by atoms with E-state index in [0.29, 0.717) is 12.1 Å². The highest BCUT2D eigenvalue weighted by Gasteiger charge is 2.09. The summed E-state index contributed by atoms with van der Waals surface area (Å²) in [5.74, 6) is -0.123. The van der Waals surface area contributed by atoms with Crippen LogP contribution in [0.3, 0.4) is 0 Å². The molecule has 0 aliphatic rings. The Balaban J connectivity index is 2.18. The maximum Gasteiger partial charge on any atom is 0.163 e. The summed E-state index contributed by atoms with van der Waals surface area (Å²) in [7, 11) is 1.93. The molecule has 0 amide bonds. The highest BCUT2D eigenvalue weighted by Crippen LogP contribution is 2.25. The Morgan fingerprint density at radius 1 is 1.37 bits per heavy atom. The van der Waals surface area contributed by atoms with Crippen LogP contribution in [-0.2, 0) is 6.54 Å². The largest absolute Gasteiger partial charge is 0.507 e. The van der Waals surface area contributed by atoms with Crippen molar-refractivity contribution >= 4 is 11.5 Å². The number of hydrogen-bond donors (Lipinski definition) is 1. The van der Waals surface area contributed by atoms with Crippen LogP contribution in [-0.4, -0.2) is 22.9 Å². The summed E-state index contributed by atoms with van der Waals surface area (Å²) in [6.07, 6.45) is 3.54. The van der Waals surface area contributed by atoms with Crippen LogP contribution >= 0.6 is 0 Å². The number of aromatic hydroxyl groups is 1. The number of carbonyl (C=O) groups is 1. The first kappa shape index (κ1) is 13.1. The number of anilines is 1. The van der Waals surface area contributed by atoms with Crippen molar-refractivity contribution in [2.24, 2.45) is 0 Å². The second-order valence-electron chi connectivity index (χ2n) is 4.47. The Bertz CT molecular complexity index is 582. The number of aromatic nitrogens is 1. The number of phenolic OH excluding ortho intramolecular Hbond substituents is 1. The first-order valence-corrected chi connectivity index (χ1v) is 6.02. The zero-order chi connectivity index (χ0) is 13.8. The van der Waals surface area contributed by atoms with Crippen LogP contribution in [0, 0.1) is 0 Å². The Kier molecular flexibility index (Phi) is 3.80. The molecule has 0 unspecified atom stereocenters.